The highest BCUT2D eigenvalue weighted by molar-refractivity contribution is 5.12. The molecule has 0 aliphatic heterocycles. The Morgan fingerprint density at radius 1 is 1.24 bits per heavy atom. The molecule has 0 aliphatic carbocycles. The lowest BCUT2D eigenvalue weighted by Crippen LogP contribution is -2.31. The van der Waals surface area contributed by atoms with Gasteiger partial charge < -0.3 is 14.8 Å². The lowest BCUT2D eigenvalue weighted by atomic mass is 10.2. The summed E-state index contributed by atoms with van der Waals surface area (Å²) in [7, 11) is 0. The molecule has 0 aromatic carbocycles. The Morgan fingerprint density at radius 2 is 1.94 bits per heavy atom. The van der Waals surface area contributed by atoms with E-state index in [1.807, 2.05) is 33.0 Å². The van der Waals surface area contributed by atoms with Gasteiger partial charge in [-0.2, -0.15) is 0 Å². The highest BCUT2D eigenvalue weighted by Gasteiger charge is 2.06. The summed E-state index contributed by atoms with van der Waals surface area (Å²) in [4.78, 5) is 4.25. The van der Waals surface area contributed by atoms with Crippen LogP contribution in [0.1, 0.15) is 25.1 Å². The van der Waals surface area contributed by atoms with E-state index < -0.39 is 0 Å². The van der Waals surface area contributed by atoms with Gasteiger partial charge in [0, 0.05) is 38.2 Å². The zero-order valence-electron chi connectivity index (χ0n) is 10.9. The molecule has 0 amide bonds. The highest BCUT2D eigenvalue weighted by atomic mass is 16.7. The van der Waals surface area contributed by atoms with E-state index in [1.54, 1.807) is 0 Å². The third kappa shape index (κ3) is 5.77. The average Bonchev–Trinajstić information content (AvgIpc) is 2.32. The van der Waals surface area contributed by atoms with E-state index in [1.165, 1.54) is 5.56 Å². The van der Waals surface area contributed by atoms with E-state index in [-0.39, 0.29) is 6.29 Å². The molecule has 0 saturated carbocycles. The molecule has 0 spiro atoms. The summed E-state index contributed by atoms with van der Waals surface area (Å²) in [6.45, 7) is 8.72. The van der Waals surface area contributed by atoms with Gasteiger partial charge in [-0.05, 0) is 32.4 Å². The molecule has 4 nitrogen and oxygen atoms in total. The third-order valence-electron chi connectivity index (χ3n) is 2.32. The largest absolute Gasteiger partial charge is 0.352 e. The molecule has 0 unspecified atom stereocenters. The molecule has 0 fully saturated rings. The minimum atomic E-state index is -0.164. The zero-order valence-corrected chi connectivity index (χ0v) is 10.9. The summed E-state index contributed by atoms with van der Waals surface area (Å²) >= 11 is 0. The van der Waals surface area contributed by atoms with E-state index in [4.69, 9.17) is 9.47 Å². The van der Waals surface area contributed by atoms with E-state index in [9.17, 15) is 0 Å². The topological polar surface area (TPSA) is 43.4 Å². The van der Waals surface area contributed by atoms with Crippen LogP contribution >= 0.6 is 0 Å². The summed E-state index contributed by atoms with van der Waals surface area (Å²) in [5, 5.41) is 3.30. The van der Waals surface area contributed by atoms with Crippen molar-refractivity contribution in [3.05, 3.63) is 29.6 Å². The van der Waals surface area contributed by atoms with Crippen molar-refractivity contribution in [2.75, 3.05) is 19.8 Å². The van der Waals surface area contributed by atoms with E-state index >= 15 is 0 Å². The molecule has 0 aliphatic rings. The van der Waals surface area contributed by atoms with Gasteiger partial charge in [-0.25, -0.2) is 0 Å². The first-order valence-corrected chi connectivity index (χ1v) is 6.11. The van der Waals surface area contributed by atoms with Crippen LogP contribution in [0, 0.1) is 6.92 Å². The molecular weight excluding hydrogens is 216 g/mol. The van der Waals surface area contributed by atoms with Crippen LogP contribution in [-0.2, 0) is 16.0 Å². The predicted octanol–water partition coefficient (Wildman–Crippen LogP) is 1.88. The van der Waals surface area contributed by atoms with E-state index in [2.05, 4.69) is 16.4 Å². The van der Waals surface area contributed by atoms with Crippen LogP contribution in [0.25, 0.3) is 0 Å². The molecule has 17 heavy (non-hydrogen) atoms. The van der Waals surface area contributed by atoms with Gasteiger partial charge in [0.1, 0.15) is 0 Å². The summed E-state index contributed by atoms with van der Waals surface area (Å²) in [6.07, 6.45) is 1.72. The van der Waals surface area contributed by atoms with Gasteiger partial charge in [-0.15, -0.1) is 0 Å². The van der Waals surface area contributed by atoms with Crippen LogP contribution in [0.5, 0.6) is 0 Å². The Hall–Kier alpha value is -0.970. The van der Waals surface area contributed by atoms with Crippen LogP contribution in [0.15, 0.2) is 18.3 Å². The fraction of sp³-hybridized carbons (Fsp3) is 0.615. The van der Waals surface area contributed by atoms with Gasteiger partial charge in [0.15, 0.2) is 6.29 Å². The van der Waals surface area contributed by atoms with Gasteiger partial charge in [0.2, 0.25) is 0 Å². The van der Waals surface area contributed by atoms with Gasteiger partial charge in [0.05, 0.1) is 0 Å². The fourth-order valence-electron chi connectivity index (χ4n) is 1.48. The second kappa shape index (κ2) is 8.17. The fourth-order valence-corrected chi connectivity index (χ4v) is 1.48. The van der Waals surface area contributed by atoms with Crippen LogP contribution < -0.4 is 5.32 Å². The van der Waals surface area contributed by atoms with E-state index in [0.717, 1.165) is 12.2 Å². The Kier molecular flexibility index (Phi) is 6.77. The van der Waals surface area contributed by atoms with Gasteiger partial charge >= 0.3 is 0 Å². The predicted molar refractivity (Wildman–Crippen MR) is 67.7 cm³/mol. The number of hydrogen-bond acceptors (Lipinski definition) is 4. The number of pyridine rings is 1. The molecule has 0 atom stereocenters. The Bertz CT molecular complexity index is 295. The highest BCUT2D eigenvalue weighted by Crippen LogP contribution is 1.99. The van der Waals surface area contributed by atoms with Crippen molar-refractivity contribution < 1.29 is 9.47 Å². The van der Waals surface area contributed by atoms with Crippen LogP contribution in [0.4, 0.5) is 0 Å². The molecule has 1 heterocycles. The summed E-state index contributed by atoms with van der Waals surface area (Å²) in [5.74, 6) is 0. The minimum absolute atomic E-state index is 0.164. The lowest BCUT2D eigenvalue weighted by molar-refractivity contribution is -0.133. The molecule has 1 N–H and O–H groups in total. The first-order chi connectivity index (χ1) is 8.26. The second-order valence-electron chi connectivity index (χ2n) is 3.78. The number of aryl methyl sites for hydroxylation is 1. The third-order valence-corrected chi connectivity index (χ3v) is 2.32. The maximum absolute atomic E-state index is 5.44. The summed E-state index contributed by atoms with van der Waals surface area (Å²) in [5.41, 5.74) is 2.21. The maximum Gasteiger partial charge on any atom is 0.169 e. The SMILES string of the molecule is CCOC(CNCc1ccc(C)nc1)OCC. The Morgan fingerprint density at radius 3 is 2.47 bits per heavy atom. The van der Waals surface area contributed by atoms with Crippen molar-refractivity contribution >= 4 is 0 Å². The molecule has 1 aromatic heterocycles. The number of nitrogens with one attached hydrogen (secondary N) is 1. The number of hydrogen-bond donors (Lipinski definition) is 1. The number of ether oxygens (including phenoxy) is 2. The maximum atomic E-state index is 5.44. The summed E-state index contributed by atoms with van der Waals surface area (Å²) in [6, 6.07) is 4.09. The van der Waals surface area contributed by atoms with Crippen molar-refractivity contribution in [1.29, 1.82) is 0 Å². The smallest absolute Gasteiger partial charge is 0.169 e. The first kappa shape index (κ1) is 14.1. The normalized spacial score (nSPS) is 11.1. The van der Waals surface area contributed by atoms with Crippen molar-refractivity contribution in [2.24, 2.45) is 0 Å². The Labute approximate surface area is 103 Å². The van der Waals surface area contributed by atoms with Gasteiger partial charge in [-0.3, -0.25) is 4.98 Å². The van der Waals surface area contributed by atoms with Crippen molar-refractivity contribution in [3.63, 3.8) is 0 Å². The van der Waals surface area contributed by atoms with Crippen molar-refractivity contribution in [2.45, 2.75) is 33.6 Å². The summed E-state index contributed by atoms with van der Waals surface area (Å²) < 4.78 is 10.9. The van der Waals surface area contributed by atoms with Crippen LogP contribution in [0.2, 0.25) is 0 Å². The molecule has 0 bridgehead atoms. The molecule has 4 heteroatoms. The molecule has 0 saturated heterocycles. The number of nitrogens with zero attached hydrogens (tertiary/aromatic N) is 1. The molecule has 0 radical (unpaired) electrons. The standard InChI is InChI=1S/C13H22N2O2/c1-4-16-13(17-5-2)10-14-8-12-7-6-11(3)15-9-12/h6-7,9,13-14H,4-5,8,10H2,1-3H3. The Balaban J connectivity index is 2.27. The van der Waals surface area contributed by atoms with Gasteiger partial charge in [-0.1, -0.05) is 6.07 Å². The van der Waals surface area contributed by atoms with E-state index in [0.29, 0.717) is 19.8 Å². The van der Waals surface area contributed by atoms with Crippen molar-refractivity contribution in [3.8, 4) is 0 Å². The van der Waals surface area contributed by atoms with Gasteiger partial charge in [0.25, 0.3) is 0 Å². The van der Waals surface area contributed by atoms with Crippen molar-refractivity contribution in [1.82, 2.24) is 10.3 Å². The van der Waals surface area contributed by atoms with Crippen LogP contribution in [-0.4, -0.2) is 31.0 Å². The monoisotopic (exact) mass is 238 g/mol. The molecular formula is C13H22N2O2. The molecule has 1 aromatic rings. The second-order valence-corrected chi connectivity index (χ2v) is 3.78. The first-order valence-electron chi connectivity index (χ1n) is 6.11. The average molecular weight is 238 g/mol. The number of aromatic nitrogens is 1. The van der Waals surface area contributed by atoms with Crippen LogP contribution in [0.3, 0.4) is 0 Å². The molecule has 96 valence electrons. The molecule has 1 rings (SSSR count). The quantitative estimate of drug-likeness (QED) is 0.702. The minimum Gasteiger partial charge on any atom is -0.352 e. The zero-order chi connectivity index (χ0) is 12.5. The lowest BCUT2D eigenvalue weighted by Gasteiger charge is -2.17. The number of rotatable bonds is 8.